The minimum absolute atomic E-state index is 0.0660. The Kier molecular flexibility index (Phi) is 5.05. The van der Waals surface area contributed by atoms with Crippen LogP contribution in [0.2, 0.25) is 5.02 Å². The number of fused-ring (bicyclic) bond motifs is 2. The number of benzene rings is 1. The van der Waals surface area contributed by atoms with Crippen molar-refractivity contribution < 1.29 is 9.59 Å². The fourth-order valence-corrected chi connectivity index (χ4v) is 5.62. The highest BCUT2D eigenvalue weighted by molar-refractivity contribution is 7.19. The normalized spacial score (nSPS) is 23.2. The van der Waals surface area contributed by atoms with Gasteiger partial charge in [-0.05, 0) is 49.8 Å². The van der Waals surface area contributed by atoms with E-state index < -0.39 is 11.9 Å². The molecule has 0 spiro atoms. The molecule has 2 aromatic rings. The largest absolute Gasteiger partial charge is 0.368 e. The lowest BCUT2D eigenvalue weighted by molar-refractivity contribution is -0.123. The Balaban J connectivity index is 1.79. The Morgan fingerprint density at radius 1 is 1.39 bits per heavy atom. The van der Waals surface area contributed by atoms with Crippen LogP contribution < -0.4 is 10.6 Å². The first-order chi connectivity index (χ1) is 13.4. The predicted molar refractivity (Wildman–Crippen MR) is 112 cm³/mol. The number of rotatable bonds is 5. The summed E-state index contributed by atoms with van der Waals surface area (Å²) < 4.78 is 0. The fourth-order valence-electron chi connectivity index (χ4n) is 4.35. The van der Waals surface area contributed by atoms with E-state index in [0.29, 0.717) is 10.7 Å². The zero-order valence-electron chi connectivity index (χ0n) is 15.9. The summed E-state index contributed by atoms with van der Waals surface area (Å²) in [6.45, 7) is 2.80. The molecule has 1 aromatic carbocycles. The molecule has 2 bridgehead atoms. The number of carbonyl (C=O) groups excluding carboxylic acids is 2. The Bertz CT molecular complexity index is 931. The molecule has 2 aliphatic rings. The van der Waals surface area contributed by atoms with E-state index in [-0.39, 0.29) is 17.9 Å². The lowest BCUT2D eigenvalue weighted by Crippen LogP contribution is -2.51. The number of aromatic nitrogens is 1. The van der Waals surface area contributed by atoms with Crippen LogP contribution in [0.4, 0.5) is 5.13 Å². The fraction of sp³-hybridized carbons (Fsp3) is 0.450. The number of anilines is 1. The number of likely N-dealkylation sites (tertiary alicyclic amines) is 1. The maximum atomic E-state index is 13.6. The van der Waals surface area contributed by atoms with Gasteiger partial charge in [0.05, 0.1) is 4.88 Å². The summed E-state index contributed by atoms with van der Waals surface area (Å²) in [7, 11) is 1.94. The number of amides is 2. The van der Waals surface area contributed by atoms with Gasteiger partial charge >= 0.3 is 0 Å². The molecule has 28 heavy (non-hydrogen) atoms. The molecule has 1 saturated carbocycles. The van der Waals surface area contributed by atoms with Gasteiger partial charge in [0.2, 0.25) is 5.91 Å². The maximum absolute atomic E-state index is 13.6. The van der Waals surface area contributed by atoms with Crippen LogP contribution in [0, 0.1) is 5.92 Å². The second-order valence-electron chi connectivity index (χ2n) is 7.49. The number of carbonyl (C=O) groups is 2. The molecule has 4 rings (SSSR count). The summed E-state index contributed by atoms with van der Waals surface area (Å²) in [6.07, 6.45) is 2.71. The summed E-state index contributed by atoms with van der Waals surface area (Å²) in [5.74, 6) is -0.471. The van der Waals surface area contributed by atoms with E-state index in [1.165, 1.54) is 11.3 Å². The Morgan fingerprint density at radius 2 is 2.18 bits per heavy atom. The van der Waals surface area contributed by atoms with Crippen LogP contribution in [0.3, 0.4) is 0 Å². The second kappa shape index (κ2) is 7.37. The van der Waals surface area contributed by atoms with Gasteiger partial charge in [0.25, 0.3) is 5.91 Å². The molecule has 2 heterocycles. The Labute approximate surface area is 173 Å². The van der Waals surface area contributed by atoms with E-state index in [0.717, 1.165) is 41.4 Å². The van der Waals surface area contributed by atoms with Crippen molar-refractivity contribution in [3.63, 3.8) is 0 Å². The van der Waals surface area contributed by atoms with Gasteiger partial charge < -0.3 is 15.5 Å². The number of nitrogens with two attached hydrogens (primary N) is 1. The minimum Gasteiger partial charge on any atom is -0.368 e. The molecule has 0 radical (unpaired) electrons. The molecule has 148 valence electrons. The molecule has 3 atom stereocenters. The molecule has 2 fully saturated rings. The van der Waals surface area contributed by atoms with Gasteiger partial charge in [-0.25, -0.2) is 4.98 Å². The average Bonchev–Trinajstić information content (AvgIpc) is 3.40. The molecule has 3 unspecified atom stereocenters. The van der Waals surface area contributed by atoms with Crippen molar-refractivity contribution in [2.24, 2.45) is 11.7 Å². The van der Waals surface area contributed by atoms with Crippen LogP contribution in [0.15, 0.2) is 24.3 Å². The van der Waals surface area contributed by atoms with Gasteiger partial charge in [-0.2, -0.15) is 0 Å². The van der Waals surface area contributed by atoms with Crippen LogP contribution in [0.25, 0.3) is 10.4 Å². The Hall–Kier alpha value is -2.12. The molecule has 2 amide bonds. The van der Waals surface area contributed by atoms with Gasteiger partial charge in [-0.15, -0.1) is 0 Å². The summed E-state index contributed by atoms with van der Waals surface area (Å²) in [4.78, 5) is 34.8. The zero-order valence-corrected chi connectivity index (χ0v) is 17.5. The van der Waals surface area contributed by atoms with Crippen molar-refractivity contribution in [1.29, 1.82) is 0 Å². The predicted octanol–water partition coefficient (Wildman–Crippen LogP) is 3.40. The van der Waals surface area contributed by atoms with E-state index in [1.807, 2.05) is 37.1 Å². The van der Waals surface area contributed by atoms with Gasteiger partial charge in [0.1, 0.15) is 11.7 Å². The highest BCUT2D eigenvalue weighted by Crippen LogP contribution is 2.44. The van der Waals surface area contributed by atoms with E-state index in [2.05, 4.69) is 4.98 Å². The van der Waals surface area contributed by atoms with Crippen LogP contribution in [0.5, 0.6) is 0 Å². The first kappa shape index (κ1) is 19.2. The van der Waals surface area contributed by atoms with E-state index in [1.54, 1.807) is 11.0 Å². The number of piperidine rings is 1. The van der Waals surface area contributed by atoms with Crippen LogP contribution in [-0.4, -0.2) is 47.4 Å². The molecule has 1 aliphatic carbocycles. The summed E-state index contributed by atoms with van der Waals surface area (Å²) >= 11 is 7.65. The topological polar surface area (TPSA) is 79.5 Å². The van der Waals surface area contributed by atoms with Crippen molar-refractivity contribution in [2.45, 2.75) is 38.3 Å². The zero-order chi connectivity index (χ0) is 20.0. The monoisotopic (exact) mass is 418 g/mol. The smallest absolute Gasteiger partial charge is 0.275 e. The number of hydrogen-bond donors (Lipinski definition) is 1. The van der Waals surface area contributed by atoms with Crippen molar-refractivity contribution in [1.82, 2.24) is 9.88 Å². The summed E-state index contributed by atoms with van der Waals surface area (Å²) in [5, 5.41) is 1.37. The van der Waals surface area contributed by atoms with Crippen molar-refractivity contribution in [2.75, 3.05) is 18.5 Å². The number of thiazole rings is 1. The third-order valence-corrected chi connectivity index (χ3v) is 7.27. The van der Waals surface area contributed by atoms with E-state index >= 15 is 0 Å². The molecule has 1 saturated heterocycles. The van der Waals surface area contributed by atoms with E-state index in [4.69, 9.17) is 17.3 Å². The maximum Gasteiger partial charge on any atom is 0.275 e. The third kappa shape index (κ3) is 3.16. The highest BCUT2D eigenvalue weighted by Gasteiger charge is 2.51. The lowest BCUT2D eigenvalue weighted by Gasteiger charge is -2.33. The van der Waals surface area contributed by atoms with Crippen molar-refractivity contribution in [3.8, 4) is 10.4 Å². The van der Waals surface area contributed by atoms with E-state index in [9.17, 15) is 9.59 Å². The number of primary amides is 1. The first-order valence-electron chi connectivity index (χ1n) is 9.50. The number of nitrogens with zero attached hydrogens (tertiary/aromatic N) is 3. The minimum atomic E-state index is -0.535. The van der Waals surface area contributed by atoms with Gasteiger partial charge in [0.15, 0.2) is 5.13 Å². The molecule has 8 heteroatoms. The standard InChI is InChI=1S/C20H23ClN4O2S/c1-3-24(2)20-23-15(17(28-20)12-5-4-6-13(21)9-12)19(27)25-14-8-7-11(10-14)16(25)18(22)26/h4-6,9,11,14,16H,3,7-8,10H2,1-2H3,(H2,22,26). The molecule has 1 aliphatic heterocycles. The molecule has 6 nitrogen and oxygen atoms in total. The molecule has 2 N–H and O–H groups in total. The molecular formula is C20H23ClN4O2S. The Morgan fingerprint density at radius 3 is 2.86 bits per heavy atom. The van der Waals surface area contributed by atoms with Gasteiger partial charge in [0, 0.05) is 24.7 Å². The number of halogens is 1. The lowest BCUT2D eigenvalue weighted by atomic mass is 9.97. The molecular weight excluding hydrogens is 396 g/mol. The van der Waals surface area contributed by atoms with Gasteiger partial charge in [-0.3, -0.25) is 9.59 Å². The molecule has 1 aromatic heterocycles. The van der Waals surface area contributed by atoms with Crippen molar-refractivity contribution in [3.05, 3.63) is 35.0 Å². The third-order valence-electron chi connectivity index (χ3n) is 5.82. The average molecular weight is 419 g/mol. The SMILES string of the molecule is CCN(C)c1nc(C(=O)N2C3CCC(C3)C2C(N)=O)c(-c2cccc(Cl)c2)s1. The van der Waals surface area contributed by atoms with Gasteiger partial charge in [-0.1, -0.05) is 35.1 Å². The van der Waals surface area contributed by atoms with Crippen LogP contribution in [0.1, 0.15) is 36.7 Å². The summed E-state index contributed by atoms with van der Waals surface area (Å²) in [6, 6.07) is 6.95. The van der Waals surface area contributed by atoms with Crippen LogP contribution >= 0.6 is 22.9 Å². The quantitative estimate of drug-likeness (QED) is 0.807. The summed E-state index contributed by atoms with van der Waals surface area (Å²) in [5.41, 5.74) is 6.89. The second-order valence-corrected chi connectivity index (χ2v) is 8.90. The van der Waals surface area contributed by atoms with Crippen molar-refractivity contribution >= 4 is 39.9 Å². The first-order valence-corrected chi connectivity index (χ1v) is 10.7. The number of hydrogen-bond acceptors (Lipinski definition) is 5. The highest BCUT2D eigenvalue weighted by atomic mass is 35.5. The van der Waals surface area contributed by atoms with Crippen LogP contribution in [-0.2, 0) is 4.79 Å².